The van der Waals surface area contributed by atoms with Gasteiger partial charge in [-0.25, -0.2) is 0 Å². The SMILES string of the molecule is C[C@@H](C(=O)Nc1nncs1)[C@H](c1ccccc1)c1ccc(-c2ccc(C(=O)N3CCOCC3)cc2)s1. The largest absolute Gasteiger partial charge is 0.378 e. The Hall–Kier alpha value is -3.40. The minimum atomic E-state index is -0.323. The quantitative estimate of drug-likeness (QED) is 0.366. The van der Waals surface area contributed by atoms with Crippen LogP contribution in [0.25, 0.3) is 10.4 Å². The lowest BCUT2D eigenvalue weighted by Gasteiger charge is -2.26. The molecule has 1 saturated heterocycles. The number of anilines is 1. The van der Waals surface area contributed by atoms with Gasteiger partial charge < -0.3 is 15.0 Å². The van der Waals surface area contributed by atoms with Gasteiger partial charge in [-0.3, -0.25) is 9.59 Å². The van der Waals surface area contributed by atoms with Gasteiger partial charge in [0, 0.05) is 40.2 Å². The molecular formula is C27H26N4O3S2. The van der Waals surface area contributed by atoms with E-state index in [1.165, 1.54) is 11.3 Å². The second kappa shape index (κ2) is 11.1. The topological polar surface area (TPSA) is 84.4 Å². The molecule has 0 aliphatic carbocycles. The normalized spacial score (nSPS) is 15.3. The first-order valence-electron chi connectivity index (χ1n) is 11.8. The predicted molar refractivity (Wildman–Crippen MR) is 142 cm³/mol. The first kappa shape index (κ1) is 24.3. The highest BCUT2D eigenvalue weighted by Gasteiger charge is 2.29. The Morgan fingerprint density at radius 1 is 1.00 bits per heavy atom. The summed E-state index contributed by atoms with van der Waals surface area (Å²) in [5.74, 6) is -0.492. The highest BCUT2D eigenvalue weighted by molar-refractivity contribution is 7.15. The van der Waals surface area contributed by atoms with Crippen LogP contribution in [-0.2, 0) is 9.53 Å². The molecule has 1 fully saturated rings. The molecule has 184 valence electrons. The number of ether oxygens (including phenoxy) is 1. The summed E-state index contributed by atoms with van der Waals surface area (Å²) >= 11 is 2.97. The molecule has 5 rings (SSSR count). The van der Waals surface area contributed by atoms with E-state index in [4.69, 9.17) is 4.74 Å². The van der Waals surface area contributed by atoms with E-state index in [0.717, 1.165) is 20.9 Å². The molecule has 2 atom stereocenters. The number of morpholine rings is 1. The van der Waals surface area contributed by atoms with E-state index in [1.807, 2.05) is 54.3 Å². The molecular weight excluding hydrogens is 492 g/mol. The van der Waals surface area contributed by atoms with Gasteiger partial charge >= 0.3 is 0 Å². The van der Waals surface area contributed by atoms with Crippen LogP contribution in [0, 0.1) is 5.92 Å². The zero-order valence-electron chi connectivity index (χ0n) is 19.8. The molecule has 0 bridgehead atoms. The number of carbonyl (C=O) groups is 2. The fourth-order valence-corrected chi connectivity index (χ4v) is 6.05. The molecule has 7 nitrogen and oxygen atoms in total. The first-order valence-corrected chi connectivity index (χ1v) is 13.5. The minimum Gasteiger partial charge on any atom is -0.378 e. The van der Waals surface area contributed by atoms with Crippen LogP contribution >= 0.6 is 22.7 Å². The Morgan fingerprint density at radius 2 is 1.75 bits per heavy atom. The number of hydrogen-bond donors (Lipinski definition) is 1. The van der Waals surface area contributed by atoms with Gasteiger partial charge in [-0.2, -0.15) is 0 Å². The van der Waals surface area contributed by atoms with Gasteiger partial charge in [0.05, 0.1) is 13.2 Å². The molecule has 36 heavy (non-hydrogen) atoms. The smallest absolute Gasteiger partial charge is 0.254 e. The number of rotatable bonds is 7. The molecule has 0 radical (unpaired) electrons. The van der Waals surface area contributed by atoms with Gasteiger partial charge in [-0.1, -0.05) is 60.7 Å². The van der Waals surface area contributed by atoms with E-state index in [-0.39, 0.29) is 23.7 Å². The maximum atomic E-state index is 13.1. The summed E-state index contributed by atoms with van der Waals surface area (Å²) in [5, 5.41) is 11.1. The predicted octanol–water partition coefficient (Wildman–Crippen LogP) is 5.15. The molecule has 1 aliphatic heterocycles. The molecule has 2 aromatic carbocycles. The molecule has 9 heteroatoms. The van der Waals surface area contributed by atoms with Crippen LogP contribution in [-0.4, -0.2) is 53.2 Å². The van der Waals surface area contributed by atoms with E-state index in [9.17, 15) is 9.59 Å². The molecule has 0 unspecified atom stereocenters. The molecule has 3 heterocycles. The molecule has 2 aromatic heterocycles. The van der Waals surface area contributed by atoms with Crippen LogP contribution < -0.4 is 5.32 Å². The summed E-state index contributed by atoms with van der Waals surface area (Å²) in [6, 6.07) is 22.0. The molecule has 1 aliphatic rings. The summed E-state index contributed by atoms with van der Waals surface area (Å²) in [7, 11) is 0. The number of carbonyl (C=O) groups excluding carboxylic acids is 2. The summed E-state index contributed by atoms with van der Waals surface area (Å²) in [6.45, 7) is 4.36. The average Bonchev–Trinajstić information content (AvgIpc) is 3.62. The molecule has 0 saturated carbocycles. The van der Waals surface area contributed by atoms with Crippen molar-refractivity contribution < 1.29 is 14.3 Å². The maximum absolute atomic E-state index is 13.1. The third-order valence-electron chi connectivity index (χ3n) is 6.31. The van der Waals surface area contributed by atoms with Crippen LogP contribution in [0.1, 0.15) is 33.6 Å². The lowest BCUT2D eigenvalue weighted by Crippen LogP contribution is -2.40. The number of hydrogen-bond acceptors (Lipinski definition) is 7. The summed E-state index contributed by atoms with van der Waals surface area (Å²) in [5.41, 5.74) is 4.40. The van der Waals surface area contributed by atoms with Crippen molar-refractivity contribution in [3.8, 4) is 10.4 Å². The maximum Gasteiger partial charge on any atom is 0.254 e. The van der Waals surface area contributed by atoms with Crippen LogP contribution in [0.3, 0.4) is 0 Å². The second-order valence-corrected chi connectivity index (χ2v) is 10.5. The standard InChI is InChI=1S/C27H26N4O3S2/c1-18(25(32)29-27-30-28-17-35-27)24(20-5-3-2-4-6-20)23-12-11-22(36-23)19-7-9-21(10-8-19)26(33)31-13-15-34-16-14-31/h2-12,17-18,24H,13-16H2,1H3,(H,29,30,32)/t18-,24-/m1/s1. The fourth-order valence-electron chi connectivity index (χ4n) is 4.36. The zero-order valence-corrected chi connectivity index (χ0v) is 21.4. The summed E-state index contributed by atoms with van der Waals surface area (Å²) in [6.07, 6.45) is 0. The van der Waals surface area contributed by atoms with Crippen LogP contribution in [0.5, 0.6) is 0 Å². The minimum absolute atomic E-state index is 0.0381. The fraction of sp³-hybridized carbons (Fsp3) is 0.259. The van der Waals surface area contributed by atoms with Crippen molar-refractivity contribution in [2.45, 2.75) is 12.8 Å². The van der Waals surface area contributed by atoms with Crippen molar-refractivity contribution in [2.24, 2.45) is 5.92 Å². The molecule has 4 aromatic rings. The Morgan fingerprint density at radius 3 is 2.44 bits per heavy atom. The van der Waals surface area contributed by atoms with Crippen LogP contribution in [0.2, 0.25) is 0 Å². The van der Waals surface area contributed by atoms with Gasteiger partial charge in [0.25, 0.3) is 5.91 Å². The average molecular weight is 519 g/mol. The van der Waals surface area contributed by atoms with Crippen LogP contribution in [0.15, 0.2) is 72.2 Å². The Kier molecular flexibility index (Phi) is 7.50. The van der Waals surface area contributed by atoms with Crippen molar-refractivity contribution in [2.75, 3.05) is 31.6 Å². The number of benzene rings is 2. The number of thiophene rings is 1. The zero-order chi connectivity index (χ0) is 24.9. The van der Waals surface area contributed by atoms with Crippen molar-refractivity contribution in [1.29, 1.82) is 0 Å². The molecule has 0 spiro atoms. The Labute approximate surface area is 217 Å². The lowest BCUT2D eigenvalue weighted by molar-refractivity contribution is -0.119. The summed E-state index contributed by atoms with van der Waals surface area (Å²) < 4.78 is 5.35. The van der Waals surface area contributed by atoms with E-state index in [1.54, 1.807) is 16.8 Å². The number of amides is 2. The van der Waals surface area contributed by atoms with Gasteiger partial charge in [0.2, 0.25) is 11.0 Å². The van der Waals surface area contributed by atoms with E-state index in [2.05, 4.69) is 39.8 Å². The Bertz CT molecular complexity index is 1300. The van der Waals surface area contributed by atoms with Crippen molar-refractivity contribution in [1.82, 2.24) is 15.1 Å². The Balaban J connectivity index is 1.37. The first-order chi connectivity index (χ1) is 17.6. The third-order valence-corrected chi connectivity index (χ3v) is 8.13. The lowest BCUT2D eigenvalue weighted by atomic mass is 9.85. The monoisotopic (exact) mass is 518 g/mol. The van der Waals surface area contributed by atoms with Gasteiger partial charge in [0.15, 0.2) is 0 Å². The third kappa shape index (κ3) is 5.38. The molecule has 2 amide bonds. The second-order valence-electron chi connectivity index (χ2n) is 8.59. The highest BCUT2D eigenvalue weighted by atomic mass is 32.1. The summed E-state index contributed by atoms with van der Waals surface area (Å²) in [4.78, 5) is 29.9. The van der Waals surface area contributed by atoms with Gasteiger partial charge in [-0.15, -0.1) is 21.5 Å². The number of nitrogens with zero attached hydrogens (tertiary/aromatic N) is 3. The van der Waals surface area contributed by atoms with Crippen LogP contribution in [0.4, 0.5) is 5.13 Å². The van der Waals surface area contributed by atoms with E-state index < -0.39 is 0 Å². The van der Waals surface area contributed by atoms with Gasteiger partial charge in [0.1, 0.15) is 5.51 Å². The van der Waals surface area contributed by atoms with Gasteiger partial charge in [-0.05, 0) is 35.4 Å². The van der Waals surface area contributed by atoms with E-state index >= 15 is 0 Å². The number of aromatic nitrogens is 2. The van der Waals surface area contributed by atoms with Crippen molar-refractivity contribution in [3.63, 3.8) is 0 Å². The number of nitrogens with one attached hydrogen (secondary N) is 1. The van der Waals surface area contributed by atoms with Crippen molar-refractivity contribution in [3.05, 3.63) is 88.2 Å². The molecule has 1 N–H and O–H groups in total. The van der Waals surface area contributed by atoms with Crippen molar-refractivity contribution >= 4 is 39.6 Å². The van der Waals surface area contributed by atoms with E-state index in [0.29, 0.717) is 37.0 Å². The highest BCUT2D eigenvalue weighted by Crippen LogP contribution is 2.40.